The van der Waals surface area contributed by atoms with Gasteiger partial charge in [-0.3, -0.25) is 0 Å². The van der Waals surface area contributed by atoms with Crippen molar-refractivity contribution in [2.24, 2.45) is 0 Å². The number of unbranched alkanes of at least 4 members (excludes halogenated alkanes) is 6. The van der Waals surface area contributed by atoms with Crippen LogP contribution in [0.2, 0.25) is 0 Å². The summed E-state index contributed by atoms with van der Waals surface area (Å²) in [7, 11) is 0. The Bertz CT molecular complexity index is 591. The molecular weight excluding hydrogens is 282 g/mol. The minimum atomic E-state index is -1.07. The number of carboxylic acids is 1. The maximum Gasteiger partial charge on any atom is 0.285 e. The van der Waals surface area contributed by atoms with E-state index in [2.05, 4.69) is 6.92 Å². The van der Waals surface area contributed by atoms with E-state index >= 15 is 0 Å². The molecule has 0 aliphatic carbocycles. The zero-order chi connectivity index (χ0) is 15.1. The molecule has 2 aromatic rings. The molecule has 1 heterocycles. The van der Waals surface area contributed by atoms with Gasteiger partial charge in [-0.05, 0) is 12.5 Å². The molecule has 0 unspecified atom stereocenters. The number of thiazole rings is 1. The van der Waals surface area contributed by atoms with Crippen LogP contribution in [0.15, 0.2) is 24.3 Å². The van der Waals surface area contributed by atoms with Gasteiger partial charge in [-0.15, -0.1) is 0 Å². The van der Waals surface area contributed by atoms with E-state index in [1.54, 1.807) is 0 Å². The summed E-state index contributed by atoms with van der Waals surface area (Å²) in [5, 5.41) is 11.6. The third-order valence-corrected chi connectivity index (χ3v) is 4.91. The predicted molar refractivity (Wildman–Crippen MR) is 84.3 cm³/mol. The van der Waals surface area contributed by atoms with Gasteiger partial charge in [0.25, 0.3) is 5.01 Å². The van der Waals surface area contributed by atoms with Crippen molar-refractivity contribution in [3.8, 4) is 0 Å². The Balaban J connectivity index is 1.94. The molecule has 4 heteroatoms. The fourth-order valence-corrected chi connectivity index (χ4v) is 3.66. The van der Waals surface area contributed by atoms with E-state index in [9.17, 15) is 9.90 Å². The smallest absolute Gasteiger partial charge is 0.285 e. The van der Waals surface area contributed by atoms with Gasteiger partial charge in [0.15, 0.2) is 12.5 Å². The lowest BCUT2D eigenvalue weighted by atomic mass is 10.1. The molecule has 0 spiro atoms. The van der Waals surface area contributed by atoms with Crippen molar-refractivity contribution in [2.75, 3.05) is 0 Å². The summed E-state index contributed by atoms with van der Waals surface area (Å²) in [6.45, 7) is 2.99. The SMILES string of the molecule is CCCCCCCCC[n+]1c(C(=O)[O-])sc2ccccc21. The van der Waals surface area contributed by atoms with Crippen LogP contribution in [0, 0.1) is 0 Å². The Morgan fingerprint density at radius 3 is 2.48 bits per heavy atom. The van der Waals surface area contributed by atoms with Crippen LogP contribution in [0.3, 0.4) is 0 Å². The molecular formula is C17H23NO2S. The molecule has 0 atom stereocenters. The summed E-state index contributed by atoms with van der Waals surface area (Å²) in [6, 6.07) is 7.85. The van der Waals surface area contributed by atoms with Crippen molar-refractivity contribution in [1.29, 1.82) is 0 Å². The van der Waals surface area contributed by atoms with Crippen LogP contribution in [-0.4, -0.2) is 5.97 Å². The summed E-state index contributed by atoms with van der Waals surface area (Å²) >= 11 is 1.31. The molecule has 0 saturated carbocycles. The quantitative estimate of drug-likeness (QED) is 0.527. The lowest BCUT2D eigenvalue weighted by Gasteiger charge is -2.01. The number of nitrogens with zero attached hydrogens (tertiary/aromatic N) is 1. The van der Waals surface area contributed by atoms with Gasteiger partial charge >= 0.3 is 0 Å². The maximum absolute atomic E-state index is 11.3. The molecule has 114 valence electrons. The van der Waals surface area contributed by atoms with Crippen LogP contribution >= 0.6 is 11.3 Å². The first-order valence-electron chi connectivity index (χ1n) is 7.86. The molecule has 0 bridgehead atoms. The van der Waals surface area contributed by atoms with Crippen LogP contribution < -0.4 is 9.67 Å². The summed E-state index contributed by atoms with van der Waals surface area (Å²) < 4.78 is 2.92. The number of fused-ring (bicyclic) bond motifs is 1. The van der Waals surface area contributed by atoms with Crippen molar-refractivity contribution in [3.05, 3.63) is 29.3 Å². The van der Waals surface area contributed by atoms with E-state index < -0.39 is 5.97 Å². The van der Waals surface area contributed by atoms with Gasteiger partial charge in [0, 0.05) is 12.5 Å². The summed E-state index contributed by atoms with van der Waals surface area (Å²) in [4.78, 5) is 11.3. The van der Waals surface area contributed by atoms with Gasteiger partial charge in [0.05, 0.1) is 0 Å². The third-order valence-electron chi connectivity index (χ3n) is 3.77. The molecule has 0 aliphatic rings. The highest BCUT2D eigenvalue weighted by Crippen LogP contribution is 2.20. The highest BCUT2D eigenvalue weighted by atomic mass is 32.1. The molecule has 1 aromatic carbocycles. The number of aryl methyl sites for hydroxylation is 1. The fourth-order valence-electron chi connectivity index (χ4n) is 2.64. The van der Waals surface area contributed by atoms with E-state index in [1.165, 1.54) is 43.4 Å². The van der Waals surface area contributed by atoms with Crippen molar-refractivity contribution >= 4 is 27.5 Å². The lowest BCUT2D eigenvalue weighted by molar-refractivity contribution is -0.671. The monoisotopic (exact) mass is 305 g/mol. The van der Waals surface area contributed by atoms with Crippen LogP contribution in [0.5, 0.6) is 0 Å². The second-order valence-corrected chi connectivity index (χ2v) is 6.47. The number of para-hydroxylation sites is 1. The van der Waals surface area contributed by atoms with E-state index in [4.69, 9.17) is 0 Å². The number of hydrogen-bond donors (Lipinski definition) is 0. The van der Waals surface area contributed by atoms with Crippen molar-refractivity contribution in [3.63, 3.8) is 0 Å². The highest BCUT2D eigenvalue weighted by Gasteiger charge is 2.20. The first kappa shape index (κ1) is 16.0. The second kappa shape index (κ2) is 8.13. The van der Waals surface area contributed by atoms with Crippen molar-refractivity contribution < 1.29 is 14.5 Å². The first-order chi connectivity index (χ1) is 10.2. The van der Waals surface area contributed by atoms with Crippen LogP contribution in [0.25, 0.3) is 10.2 Å². The zero-order valence-corrected chi connectivity index (χ0v) is 13.5. The molecule has 3 nitrogen and oxygen atoms in total. The summed E-state index contributed by atoms with van der Waals surface area (Å²) in [5.74, 6) is -1.07. The Kier molecular flexibility index (Phi) is 6.18. The molecule has 0 saturated heterocycles. The molecule has 2 rings (SSSR count). The average molecular weight is 305 g/mol. The number of carboxylic acid groups (broad SMARTS) is 1. The average Bonchev–Trinajstić information content (AvgIpc) is 2.85. The summed E-state index contributed by atoms with van der Waals surface area (Å²) in [6.07, 6.45) is 8.62. The van der Waals surface area contributed by atoms with Gasteiger partial charge in [0.1, 0.15) is 4.70 Å². The Hall–Kier alpha value is -1.42. The molecule has 0 aliphatic heterocycles. The molecule has 0 amide bonds. The minimum Gasteiger partial charge on any atom is -0.539 e. The summed E-state index contributed by atoms with van der Waals surface area (Å²) in [5.41, 5.74) is 1.01. The largest absolute Gasteiger partial charge is 0.539 e. The van der Waals surface area contributed by atoms with E-state index in [-0.39, 0.29) is 0 Å². The number of carbonyl (C=O) groups is 1. The van der Waals surface area contributed by atoms with Crippen molar-refractivity contribution in [2.45, 2.75) is 58.4 Å². The van der Waals surface area contributed by atoms with Gasteiger partial charge in [0.2, 0.25) is 5.52 Å². The standard InChI is InChI=1S/C17H23NO2S/c1-2-3-4-5-6-7-10-13-18-14-11-8-9-12-15(14)21-16(18)17(19)20/h8-9,11-12H,2-7,10,13H2,1H3. The molecule has 1 aromatic heterocycles. The number of rotatable bonds is 9. The molecule has 21 heavy (non-hydrogen) atoms. The Morgan fingerprint density at radius 1 is 1.10 bits per heavy atom. The van der Waals surface area contributed by atoms with Gasteiger partial charge in [-0.25, -0.2) is 0 Å². The second-order valence-electron chi connectivity index (χ2n) is 5.44. The molecule has 0 N–H and O–H groups in total. The van der Waals surface area contributed by atoms with E-state index in [1.807, 2.05) is 28.8 Å². The topological polar surface area (TPSA) is 44.0 Å². The maximum atomic E-state index is 11.3. The number of benzene rings is 1. The number of hydrogen-bond acceptors (Lipinski definition) is 3. The molecule has 0 fully saturated rings. The number of aromatic nitrogens is 1. The fraction of sp³-hybridized carbons (Fsp3) is 0.529. The predicted octanol–water partition coefficient (Wildman–Crippen LogP) is 3.30. The molecule has 0 radical (unpaired) electrons. The van der Waals surface area contributed by atoms with Gasteiger partial charge in [-0.1, -0.05) is 62.5 Å². The van der Waals surface area contributed by atoms with Crippen LogP contribution in [0.1, 0.15) is 61.7 Å². The van der Waals surface area contributed by atoms with Gasteiger partial charge in [-0.2, -0.15) is 4.57 Å². The van der Waals surface area contributed by atoms with Crippen molar-refractivity contribution in [1.82, 2.24) is 0 Å². The minimum absolute atomic E-state index is 0.335. The third kappa shape index (κ3) is 4.27. The van der Waals surface area contributed by atoms with E-state index in [0.29, 0.717) is 5.01 Å². The van der Waals surface area contributed by atoms with E-state index in [0.717, 1.165) is 29.6 Å². The number of aromatic carboxylic acids is 1. The van der Waals surface area contributed by atoms with Crippen LogP contribution in [0.4, 0.5) is 0 Å². The first-order valence-corrected chi connectivity index (χ1v) is 8.68. The highest BCUT2D eigenvalue weighted by molar-refractivity contribution is 7.19. The Morgan fingerprint density at radius 2 is 1.76 bits per heavy atom. The van der Waals surface area contributed by atoms with Crippen LogP contribution in [-0.2, 0) is 6.54 Å². The lowest BCUT2D eigenvalue weighted by Crippen LogP contribution is -2.42. The zero-order valence-electron chi connectivity index (χ0n) is 12.6. The normalized spacial score (nSPS) is 11.1. The number of carbonyl (C=O) groups excluding carboxylic acids is 1. The Labute approximate surface area is 130 Å². The van der Waals surface area contributed by atoms with Gasteiger partial charge < -0.3 is 9.90 Å².